The van der Waals surface area contributed by atoms with E-state index in [9.17, 15) is 13.2 Å². The maximum Gasteiger partial charge on any atom is 0.240 e. The van der Waals surface area contributed by atoms with E-state index in [0.717, 1.165) is 16.9 Å². The van der Waals surface area contributed by atoms with E-state index in [-0.39, 0.29) is 16.8 Å². The van der Waals surface area contributed by atoms with Crippen LogP contribution in [0.15, 0.2) is 53.4 Å². The number of amides is 1. The van der Waals surface area contributed by atoms with Crippen molar-refractivity contribution in [1.82, 2.24) is 9.62 Å². The first-order valence-corrected chi connectivity index (χ1v) is 11.8. The summed E-state index contributed by atoms with van der Waals surface area (Å²) in [6.45, 7) is 5.14. The van der Waals surface area contributed by atoms with Crippen LogP contribution in [0.3, 0.4) is 0 Å². The fourth-order valence-electron chi connectivity index (χ4n) is 3.63. The van der Waals surface area contributed by atoms with Gasteiger partial charge >= 0.3 is 0 Å². The van der Waals surface area contributed by atoms with Crippen LogP contribution in [0.5, 0.6) is 5.75 Å². The van der Waals surface area contributed by atoms with Crippen LogP contribution in [0.4, 0.5) is 0 Å². The molecule has 0 bridgehead atoms. The molecular weight excluding hydrogens is 400 g/mol. The summed E-state index contributed by atoms with van der Waals surface area (Å²) in [5.74, 6) is 1.14. The first-order chi connectivity index (χ1) is 14.3. The number of benzene rings is 2. The van der Waals surface area contributed by atoms with Crippen LogP contribution in [0, 0.1) is 0 Å². The Morgan fingerprint density at radius 1 is 1.13 bits per heavy atom. The van der Waals surface area contributed by atoms with Gasteiger partial charge in [0, 0.05) is 25.6 Å². The number of sulfonamides is 1. The Bertz CT molecular complexity index is 971. The summed E-state index contributed by atoms with van der Waals surface area (Å²) in [7, 11) is -2.00. The molecule has 1 saturated heterocycles. The van der Waals surface area contributed by atoms with Gasteiger partial charge in [-0.05, 0) is 54.2 Å². The standard InChI is InChI=1S/C23H30N2O4S/c1-17(2)19-7-10-22(11-8-19)30(27,28)24-20-9-12-23(26)25(14-13-20)16-18-5-4-6-21(15-18)29-3/h4-8,10-11,15,17,20,24H,9,12-14,16H2,1-3H3. The van der Waals surface area contributed by atoms with Gasteiger partial charge in [0.25, 0.3) is 0 Å². The van der Waals surface area contributed by atoms with E-state index in [4.69, 9.17) is 4.74 Å². The molecule has 3 rings (SSSR count). The van der Waals surface area contributed by atoms with E-state index in [2.05, 4.69) is 18.6 Å². The smallest absolute Gasteiger partial charge is 0.240 e. The summed E-state index contributed by atoms with van der Waals surface area (Å²) in [4.78, 5) is 14.6. The fraction of sp³-hybridized carbons (Fsp3) is 0.435. The molecule has 1 unspecified atom stereocenters. The first kappa shape index (κ1) is 22.3. The van der Waals surface area contributed by atoms with E-state index in [1.165, 1.54) is 0 Å². The van der Waals surface area contributed by atoms with Crippen molar-refractivity contribution in [3.63, 3.8) is 0 Å². The maximum atomic E-state index is 12.8. The molecule has 0 aliphatic carbocycles. The molecule has 0 spiro atoms. The predicted octanol–water partition coefficient (Wildman–Crippen LogP) is 3.68. The van der Waals surface area contributed by atoms with Crippen LogP contribution in [-0.4, -0.2) is 38.9 Å². The summed E-state index contributed by atoms with van der Waals surface area (Å²) >= 11 is 0. The van der Waals surface area contributed by atoms with E-state index < -0.39 is 10.0 Å². The second kappa shape index (κ2) is 9.62. The van der Waals surface area contributed by atoms with Crippen molar-refractivity contribution in [1.29, 1.82) is 0 Å². The number of methoxy groups -OCH3 is 1. The molecule has 6 nitrogen and oxygen atoms in total. The molecule has 0 saturated carbocycles. The van der Waals surface area contributed by atoms with Crippen molar-refractivity contribution in [2.45, 2.75) is 56.5 Å². The number of hydrogen-bond acceptors (Lipinski definition) is 4. The average molecular weight is 431 g/mol. The lowest BCUT2D eigenvalue weighted by Crippen LogP contribution is -2.35. The highest BCUT2D eigenvalue weighted by molar-refractivity contribution is 7.89. The zero-order valence-electron chi connectivity index (χ0n) is 17.8. The number of carbonyl (C=O) groups excluding carboxylic acids is 1. The minimum absolute atomic E-state index is 0.0424. The maximum absolute atomic E-state index is 12.8. The molecule has 2 aromatic carbocycles. The SMILES string of the molecule is COc1cccc(CN2CCC(NS(=O)(=O)c3ccc(C(C)C)cc3)CCC2=O)c1. The Morgan fingerprint density at radius 2 is 1.87 bits per heavy atom. The highest BCUT2D eigenvalue weighted by atomic mass is 32.2. The molecule has 1 aliphatic heterocycles. The lowest BCUT2D eigenvalue weighted by atomic mass is 10.0. The van der Waals surface area contributed by atoms with Gasteiger partial charge in [0.05, 0.1) is 12.0 Å². The Kier molecular flexibility index (Phi) is 7.15. The Balaban J connectivity index is 1.64. The number of hydrogen-bond donors (Lipinski definition) is 1. The molecule has 1 N–H and O–H groups in total. The van der Waals surface area contributed by atoms with Gasteiger partial charge in [-0.1, -0.05) is 38.1 Å². The number of nitrogens with one attached hydrogen (secondary N) is 1. The quantitative estimate of drug-likeness (QED) is 0.727. The molecule has 0 radical (unpaired) electrons. The number of likely N-dealkylation sites (tertiary alicyclic amines) is 1. The second-order valence-electron chi connectivity index (χ2n) is 8.04. The monoisotopic (exact) mass is 430 g/mol. The summed E-state index contributed by atoms with van der Waals surface area (Å²) in [6, 6.07) is 14.4. The minimum atomic E-state index is -3.62. The van der Waals surface area contributed by atoms with Crippen molar-refractivity contribution in [2.75, 3.05) is 13.7 Å². The van der Waals surface area contributed by atoms with Gasteiger partial charge in [0.15, 0.2) is 0 Å². The Hall–Kier alpha value is -2.38. The predicted molar refractivity (Wildman–Crippen MR) is 117 cm³/mol. The topological polar surface area (TPSA) is 75.7 Å². The Labute approximate surface area is 179 Å². The minimum Gasteiger partial charge on any atom is -0.497 e. The van der Waals surface area contributed by atoms with Crippen molar-refractivity contribution < 1.29 is 17.9 Å². The van der Waals surface area contributed by atoms with Crippen LogP contribution in [0.1, 0.15) is 50.2 Å². The van der Waals surface area contributed by atoms with Crippen LogP contribution in [-0.2, 0) is 21.4 Å². The molecule has 2 aromatic rings. The largest absolute Gasteiger partial charge is 0.497 e. The molecular formula is C23H30N2O4S. The average Bonchev–Trinajstić information content (AvgIpc) is 2.90. The van der Waals surface area contributed by atoms with Crippen LogP contribution in [0.25, 0.3) is 0 Å². The molecule has 1 amide bonds. The van der Waals surface area contributed by atoms with E-state index in [1.54, 1.807) is 24.1 Å². The van der Waals surface area contributed by atoms with E-state index in [1.807, 2.05) is 36.4 Å². The Morgan fingerprint density at radius 3 is 2.53 bits per heavy atom. The highest BCUT2D eigenvalue weighted by Crippen LogP contribution is 2.21. The van der Waals surface area contributed by atoms with Gasteiger partial charge in [-0.15, -0.1) is 0 Å². The molecule has 1 aliphatic rings. The summed E-state index contributed by atoms with van der Waals surface area (Å²) in [5.41, 5.74) is 2.09. The summed E-state index contributed by atoms with van der Waals surface area (Å²) in [5, 5.41) is 0. The third-order valence-corrected chi connectivity index (χ3v) is 7.03. The normalized spacial score (nSPS) is 17.8. The molecule has 162 valence electrons. The summed E-state index contributed by atoms with van der Waals surface area (Å²) in [6.07, 6.45) is 1.40. The molecule has 1 heterocycles. The first-order valence-electron chi connectivity index (χ1n) is 10.3. The molecule has 1 atom stereocenters. The number of rotatable bonds is 7. The van der Waals surface area contributed by atoms with Gasteiger partial charge in [-0.25, -0.2) is 13.1 Å². The molecule has 7 heteroatoms. The van der Waals surface area contributed by atoms with Gasteiger partial charge in [-0.2, -0.15) is 0 Å². The van der Waals surface area contributed by atoms with Crippen molar-refractivity contribution in [2.24, 2.45) is 0 Å². The number of nitrogens with zero attached hydrogens (tertiary/aromatic N) is 1. The van der Waals surface area contributed by atoms with Crippen LogP contribution in [0.2, 0.25) is 0 Å². The zero-order chi connectivity index (χ0) is 21.7. The molecule has 30 heavy (non-hydrogen) atoms. The number of ether oxygens (including phenoxy) is 1. The molecule has 0 aromatic heterocycles. The lowest BCUT2D eigenvalue weighted by molar-refractivity contribution is -0.131. The van der Waals surface area contributed by atoms with Crippen molar-refractivity contribution in [3.05, 3.63) is 59.7 Å². The second-order valence-corrected chi connectivity index (χ2v) is 9.75. The van der Waals surface area contributed by atoms with Gasteiger partial charge in [0.2, 0.25) is 15.9 Å². The van der Waals surface area contributed by atoms with Gasteiger partial charge in [0.1, 0.15) is 5.75 Å². The fourth-order valence-corrected chi connectivity index (χ4v) is 4.94. The highest BCUT2D eigenvalue weighted by Gasteiger charge is 2.26. The van der Waals surface area contributed by atoms with Crippen LogP contribution >= 0.6 is 0 Å². The van der Waals surface area contributed by atoms with Crippen molar-refractivity contribution in [3.8, 4) is 5.75 Å². The lowest BCUT2D eigenvalue weighted by Gasteiger charge is -2.21. The third kappa shape index (κ3) is 5.61. The summed E-state index contributed by atoms with van der Waals surface area (Å²) < 4.78 is 33.6. The van der Waals surface area contributed by atoms with Crippen LogP contribution < -0.4 is 9.46 Å². The zero-order valence-corrected chi connectivity index (χ0v) is 18.6. The van der Waals surface area contributed by atoms with Gasteiger partial charge < -0.3 is 9.64 Å². The third-order valence-electron chi connectivity index (χ3n) is 5.49. The number of carbonyl (C=O) groups is 1. The van der Waals surface area contributed by atoms with E-state index in [0.29, 0.717) is 38.3 Å². The molecule has 1 fully saturated rings. The van der Waals surface area contributed by atoms with Gasteiger partial charge in [-0.3, -0.25) is 4.79 Å². The van der Waals surface area contributed by atoms with Crippen molar-refractivity contribution >= 4 is 15.9 Å². The van der Waals surface area contributed by atoms with E-state index >= 15 is 0 Å².